The second-order valence-electron chi connectivity index (χ2n) is 11.8. The molecular weight excluding hydrogens is 572 g/mol. The van der Waals surface area contributed by atoms with Gasteiger partial charge in [-0.05, 0) is 68.4 Å². The lowest BCUT2D eigenvalue weighted by molar-refractivity contribution is -0.174. The zero-order valence-corrected chi connectivity index (χ0v) is 24.5. The summed E-state index contributed by atoms with van der Waals surface area (Å²) in [6.07, 6.45) is 2.94. The fourth-order valence-electron chi connectivity index (χ4n) is 6.77. The van der Waals surface area contributed by atoms with E-state index in [1.807, 2.05) is 24.3 Å². The zero-order valence-electron chi connectivity index (χ0n) is 24.5. The maximum absolute atomic E-state index is 14.3. The first-order chi connectivity index (χ1) is 21.4. The van der Waals surface area contributed by atoms with E-state index in [1.165, 1.54) is 6.07 Å². The van der Waals surface area contributed by atoms with E-state index in [0.29, 0.717) is 37.6 Å². The predicted molar refractivity (Wildman–Crippen MR) is 156 cm³/mol. The molecule has 1 unspecified atom stereocenters. The first kappa shape index (κ1) is 30.2. The maximum Gasteiger partial charge on any atom is 0.419 e. The summed E-state index contributed by atoms with van der Waals surface area (Å²) in [5.41, 5.74) is 1.87. The number of benzene rings is 2. The van der Waals surface area contributed by atoms with E-state index in [0.717, 1.165) is 68.0 Å². The standard InChI is InChI=1S/C32H37F2N5O5/c33-25-9-8-21(17-26(25)34)30-28(20-43-29-7-3-4-16-42-29)44-32(41)39(30)31(40)36-23-10-13-38(19-23)24-11-14-37(15-12-24)27-6-2-1-5-22(27)18-35/h1-2,5-6,8-9,17,23-24,28-30H,3-4,7,10-16,19-20H2,(H,36,40)/t23-,28+,29?,30+/m1/s1. The number of cyclic esters (lactones) is 1. The van der Waals surface area contributed by atoms with Crippen LogP contribution in [0.5, 0.6) is 0 Å². The summed E-state index contributed by atoms with van der Waals surface area (Å²) in [4.78, 5) is 32.2. The molecule has 2 aromatic rings. The number of ether oxygens (including phenoxy) is 3. The molecule has 4 fully saturated rings. The van der Waals surface area contributed by atoms with Gasteiger partial charge in [-0.15, -0.1) is 0 Å². The fraction of sp³-hybridized carbons (Fsp3) is 0.531. The van der Waals surface area contributed by atoms with Crippen LogP contribution in [0.2, 0.25) is 0 Å². The van der Waals surface area contributed by atoms with Crippen LogP contribution < -0.4 is 10.2 Å². The molecule has 4 heterocycles. The van der Waals surface area contributed by atoms with E-state index in [-0.39, 0.29) is 18.2 Å². The van der Waals surface area contributed by atoms with Gasteiger partial charge in [0.1, 0.15) is 12.1 Å². The Morgan fingerprint density at radius 1 is 1.05 bits per heavy atom. The van der Waals surface area contributed by atoms with E-state index in [9.17, 15) is 23.6 Å². The number of carbonyl (C=O) groups excluding carboxylic acids is 2. The molecule has 0 radical (unpaired) electrons. The van der Waals surface area contributed by atoms with E-state index < -0.39 is 42.2 Å². The van der Waals surface area contributed by atoms with Crippen molar-refractivity contribution in [3.8, 4) is 6.07 Å². The number of para-hydroxylation sites is 1. The van der Waals surface area contributed by atoms with Crippen molar-refractivity contribution in [2.24, 2.45) is 0 Å². The normalized spacial score (nSPS) is 26.4. The van der Waals surface area contributed by atoms with Crippen LogP contribution in [0.3, 0.4) is 0 Å². The maximum atomic E-state index is 14.3. The smallest absolute Gasteiger partial charge is 0.419 e. The first-order valence-corrected chi connectivity index (χ1v) is 15.4. The molecule has 0 saturated carbocycles. The summed E-state index contributed by atoms with van der Waals surface area (Å²) in [6, 6.07) is 11.7. The van der Waals surface area contributed by atoms with Crippen LogP contribution >= 0.6 is 0 Å². The molecule has 6 rings (SSSR count). The third-order valence-corrected chi connectivity index (χ3v) is 9.06. The predicted octanol–water partition coefficient (Wildman–Crippen LogP) is 4.69. The number of rotatable bonds is 7. The number of nitrogens with zero attached hydrogens (tertiary/aromatic N) is 4. The Hall–Kier alpha value is -3.79. The number of amides is 3. The Morgan fingerprint density at radius 3 is 2.61 bits per heavy atom. The molecule has 0 bridgehead atoms. The Morgan fingerprint density at radius 2 is 1.86 bits per heavy atom. The molecule has 1 N–H and O–H groups in total. The molecule has 0 spiro atoms. The number of halogens is 2. The molecule has 4 aliphatic rings. The number of carbonyl (C=O) groups is 2. The van der Waals surface area contributed by atoms with Gasteiger partial charge in [-0.1, -0.05) is 18.2 Å². The minimum Gasteiger partial charge on any atom is -0.441 e. The Bertz CT molecular complexity index is 1390. The van der Waals surface area contributed by atoms with Gasteiger partial charge >= 0.3 is 12.1 Å². The van der Waals surface area contributed by atoms with Gasteiger partial charge in [-0.2, -0.15) is 5.26 Å². The second-order valence-corrected chi connectivity index (χ2v) is 11.8. The van der Waals surface area contributed by atoms with Crippen molar-refractivity contribution in [1.29, 1.82) is 5.26 Å². The monoisotopic (exact) mass is 609 g/mol. The quantitative estimate of drug-likeness (QED) is 0.482. The van der Waals surface area contributed by atoms with Crippen molar-refractivity contribution >= 4 is 17.8 Å². The minimum absolute atomic E-state index is 0.0569. The van der Waals surface area contributed by atoms with Crippen molar-refractivity contribution in [3.05, 3.63) is 65.2 Å². The third-order valence-electron chi connectivity index (χ3n) is 9.06. The number of nitriles is 1. The van der Waals surface area contributed by atoms with E-state index in [2.05, 4.69) is 21.2 Å². The van der Waals surface area contributed by atoms with Crippen molar-refractivity contribution in [1.82, 2.24) is 15.1 Å². The topological polar surface area (TPSA) is 107 Å². The lowest BCUT2D eigenvalue weighted by atomic mass is 10.0. The molecular formula is C32H37F2N5O5. The first-order valence-electron chi connectivity index (χ1n) is 15.4. The summed E-state index contributed by atoms with van der Waals surface area (Å²) in [6.45, 7) is 3.62. The van der Waals surface area contributed by atoms with Crippen LogP contribution in [0.25, 0.3) is 0 Å². The molecule has 12 heteroatoms. The average molecular weight is 610 g/mol. The van der Waals surface area contributed by atoms with Crippen LogP contribution in [-0.2, 0) is 14.2 Å². The highest BCUT2D eigenvalue weighted by atomic mass is 19.2. The number of anilines is 1. The largest absolute Gasteiger partial charge is 0.441 e. The van der Waals surface area contributed by atoms with Crippen molar-refractivity contribution < 1.29 is 32.6 Å². The molecule has 2 aromatic carbocycles. The van der Waals surface area contributed by atoms with Crippen molar-refractivity contribution in [2.75, 3.05) is 44.3 Å². The van der Waals surface area contributed by atoms with Crippen LogP contribution in [0.4, 0.5) is 24.1 Å². The van der Waals surface area contributed by atoms with Gasteiger partial charge in [0.05, 0.1) is 17.9 Å². The highest BCUT2D eigenvalue weighted by Gasteiger charge is 2.48. The van der Waals surface area contributed by atoms with Gasteiger partial charge in [0.25, 0.3) is 0 Å². The summed E-state index contributed by atoms with van der Waals surface area (Å²) in [5.74, 6) is -2.10. The molecule has 3 amide bonds. The van der Waals surface area contributed by atoms with Crippen LogP contribution in [0.1, 0.15) is 55.7 Å². The molecule has 0 aliphatic carbocycles. The van der Waals surface area contributed by atoms with E-state index in [4.69, 9.17) is 14.2 Å². The van der Waals surface area contributed by atoms with Crippen LogP contribution in [0, 0.1) is 23.0 Å². The summed E-state index contributed by atoms with van der Waals surface area (Å²) in [7, 11) is 0. The number of hydrogen-bond donors (Lipinski definition) is 1. The average Bonchev–Trinajstić information content (AvgIpc) is 3.65. The molecule has 0 aromatic heterocycles. The van der Waals surface area contributed by atoms with Gasteiger partial charge < -0.3 is 24.4 Å². The third kappa shape index (κ3) is 6.50. The second kappa shape index (κ2) is 13.5. The molecule has 10 nitrogen and oxygen atoms in total. The molecule has 4 aliphatic heterocycles. The molecule has 234 valence electrons. The van der Waals surface area contributed by atoms with Gasteiger partial charge in [0, 0.05) is 44.9 Å². The van der Waals surface area contributed by atoms with Crippen molar-refractivity contribution in [3.63, 3.8) is 0 Å². The number of urea groups is 1. The Balaban J connectivity index is 1.08. The SMILES string of the molecule is N#Cc1ccccc1N1CCC(N2CC[C@@H](NC(=O)N3C(=O)O[C@@H](COC4CCCCO4)[C@@H]3c3ccc(F)c(F)c3)C2)CC1. The van der Waals surface area contributed by atoms with Crippen LogP contribution in [0.15, 0.2) is 42.5 Å². The van der Waals surface area contributed by atoms with Gasteiger partial charge in [-0.3, -0.25) is 4.90 Å². The van der Waals surface area contributed by atoms with Gasteiger partial charge in [0.15, 0.2) is 24.0 Å². The Kier molecular flexibility index (Phi) is 9.25. The highest BCUT2D eigenvalue weighted by Crippen LogP contribution is 2.35. The summed E-state index contributed by atoms with van der Waals surface area (Å²) >= 11 is 0. The molecule has 44 heavy (non-hydrogen) atoms. The van der Waals surface area contributed by atoms with Crippen molar-refractivity contribution in [2.45, 2.75) is 69.0 Å². The highest BCUT2D eigenvalue weighted by molar-refractivity contribution is 5.93. The van der Waals surface area contributed by atoms with E-state index in [1.54, 1.807) is 0 Å². The number of piperidine rings is 1. The summed E-state index contributed by atoms with van der Waals surface area (Å²) < 4.78 is 45.1. The lowest BCUT2D eigenvalue weighted by Gasteiger charge is -2.38. The Labute approximate surface area is 255 Å². The summed E-state index contributed by atoms with van der Waals surface area (Å²) in [5, 5.41) is 12.5. The van der Waals surface area contributed by atoms with Gasteiger partial charge in [0.2, 0.25) is 0 Å². The molecule has 4 atom stereocenters. The number of nitrogens with one attached hydrogen (secondary N) is 1. The zero-order chi connectivity index (χ0) is 30.6. The lowest BCUT2D eigenvalue weighted by Crippen LogP contribution is -2.49. The number of imide groups is 1. The minimum atomic E-state index is -1.08. The van der Waals surface area contributed by atoms with E-state index >= 15 is 0 Å². The van der Waals surface area contributed by atoms with Gasteiger partial charge in [-0.25, -0.2) is 23.3 Å². The van der Waals surface area contributed by atoms with Crippen LogP contribution in [-0.4, -0.2) is 85.8 Å². The number of hydrogen-bond acceptors (Lipinski definition) is 8. The fourth-order valence-corrected chi connectivity index (χ4v) is 6.77. The number of likely N-dealkylation sites (tertiary alicyclic amines) is 1. The molecule has 4 saturated heterocycles.